The minimum atomic E-state index is -0.496. The zero-order chi connectivity index (χ0) is 19.4. The maximum atomic E-state index is 12.7. The molecule has 0 aromatic carbocycles. The summed E-state index contributed by atoms with van der Waals surface area (Å²) in [6, 6.07) is 4.67. The van der Waals surface area contributed by atoms with Crippen LogP contribution in [0.25, 0.3) is 0 Å². The molecule has 3 rings (SSSR count). The first-order chi connectivity index (χ1) is 13.0. The highest BCUT2D eigenvalue weighted by molar-refractivity contribution is 7.12. The standard InChI is InChI=1S/C19H22N2O5S/c1-12-14(19(24)25-2)10-13(26-12)11-20-17(22)15-6-3-4-8-21(15)18(23)16-7-5-9-27-16/h5,7,9-10,15H,3-4,6,8,11H2,1-2H3,(H,20,22). The highest BCUT2D eigenvalue weighted by atomic mass is 32.1. The molecule has 1 atom stereocenters. The van der Waals surface area contributed by atoms with Gasteiger partial charge in [-0.25, -0.2) is 4.79 Å². The summed E-state index contributed by atoms with van der Waals surface area (Å²) in [6.07, 6.45) is 2.42. The van der Waals surface area contributed by atoms with Crippen LogP contribution in [-0.2, 0) is 16.1 Å². The Morgan fingerprint density at radius 3 is 2.89 bits per heavy atom. The van der Waals surface area contributed by atoms with Crippen molar-refractivity contribution in [3.8, 4) is 0 Å². The van der Waals surface area contributed by atoms with Crippen LogP contribution >= 0.6 is 11.3 Å². The van der Waals surface area contributed by atoms with Crippen molar-refractivity contribution in [2.24, 2.45) is 0 Å². The molecule has 7 nitrogen and oxygen atoms in total. The van der Waals surface area contributed by atoms with Gasteiger partial charge in [0.25, 0.3) is 5.91 Å². The van der Waals surface area contributed by atoms with Crippen molar-refractivity contribution in [3.05, 3.63) is 45.5 Å². The van der Waals surface area contributed by atoms with Crippen LogP contribution < -0.4 is 5.32 Å². The fourth-order valence-electron chi connectivity index (χ4n) is 3.22. The molecule has 0 saturated carbocycles. The summed E-state index contributed by atoms with van der Waals surface area (Å²) in [5.41, 5.74) is 0.342. The summed E-state index contributed by atoms with van der Waals surface area (Å²) in [7, 11) is 1.30. The molecule has 8 heteroatoms. The second-order valence-corrected chi connectivity index (χ2v) is 7.33. The van der Waals surface area contributed by atoms with Crippen LogP contribution in [0.15, 0.2) is 28.0 Å². The Balaban J connectivity index is 1.65. The molecule has 3 heterocycles. The van der Waals surface area contributed by atoms with Gasteiger partial charge in [-0.15, -0.1) is 11.3 Å². The van der Waals surface area contributed by atoms with E-state index in [9.17, 15) is 14.4 Å². The lowest BCUT2D eigenvalue weighted by atomic mass is 10.0. The average molecular weight is 390 g/mol. The number of nitrogens with one attached hydrogen (secondary N) is 1. The van der Waals surface area contributed by atoms with Crippen molar-refractivity contribution in [2.75, 3.05) is 13.7 Å². The molecule has 2 amide bonds. The minimum absolute atomic E-state index is 0.105. The molecule has 27 heavy (non-hydrogen) atoms. The van der Waals surface area contributed by atoms with Crippen LogP contribution in [0.1, 0.15) is 50.8 Å². The van der Waals surface area contributed by atoms with Crippen LogP contribution in [0, 0.1) is 6.92 Å². The first kappa shape index (κ1) is 19.2. The van der Waals surface area contributed by atoms with Crippen LogP contribution in [0.4, 0.5) is 0 Å². The fourth-order valence-corrected chi connectivity index (χ4v) is 3.90. The lowest BCUT2D eigenvalue weighted by Gasteiger charge is -2.34. The zero-order valence-corrected chi connectivity index (χ0v) is 16.1. The van der Waals surface area contributed by atoms with Gasteiger partial charge in [-0.2, -0.15) is 0 Å². The van der Waals surface area contributed by atoms with Crippen LogP contribution in [0.5, 0.6) is 0 Å². The summed E-state index contributed by atoms with van der Waals surface area (Å²) in [5.74, 6) is 0.111. The second-order valence-electron chi connectivity index (χ2n) is 6.38. The molecule has 0 spiro atoms. The van der Waals surface area contributed by atoms with Gasteiger partial charge in [-0.3, -0.25) is 9.59 Å². The maximum Gasteiger partial charge on any atom is 0.341 e. The normalized spacial score (nSPS) is 16.8. The van der Waals surface area contributed by atoms with Crippen LogP contribution in [-0.4, -0.2) is 42.4 Å². The molecule has 1 unspecified atom stereocenters. The molecular formula is C19H22N2O5S. The number of carbonyl (C=O) groups excluding carboxylic acids is 3. The quantitative estimate of drug-likeness (QED) is 0.793. The monoisotopic (exact) mass is 390 g/mol. The Morgan fingerprint density at radius 1 is 1.37 bits per heavy atom. The number of likely N-dealkylation sites (tertiary alicyclic amines) is 1. The number of aryl methyl sites for hydroxylation is 1. The molecule has 1 aliphatic rings. The molecule has 2 aromatic rings. The van der Waals surface area contributed by atoms with E-state index in [-0.39, 0.29) is 18.4 Å². The molecule has 1 fully saturated rings. The lowest BCUT2D eigenvalue weighted by Crippen LogP contribution is -2.51. The highest BCUT2D eigenvalue weighted by Crippen LogP contribution is 2.22. The molecule has 0 radical (unpaired) electrons. The number of piperidine rings is 1. The van der Waals surface area contributed by atoms with Gasteiger partial charge < -0.3 is 19.4 Å². The summed E-state index contributed by atoms with van der Waals surface area (Å²) in [4.78, 5) is 39.3. The number of amides is 2. The van der Waals surface area contributed by atoms with Crippen molar-refractivity contribution in [3.63, 3.8) is 0 Å². The van der Waals surface area contributed by atoms with Crippen LogP contribution in [0.3, 0.4) is 0 Å². The van der Waals surface area contributed by atoms with Crippen molar-refractivity contribution < 1.29 is 23.5 Å². The van der Waals surface area contributed by atoms with Gasteiger partial charge in [0.15, 0.2) is 0 Å². The predicted octanol–water partition coefficient (Wildman–Crippen LogP) is 2.75. The van der Waals surface area contributed by atoms with E-state index in [1.54, 1.807) is 24.0 Å². The largest absolute Gasteiger partial charge is 0.465 e. The molecule has 0 aliphatic carbocycles. The minimum Gasteiger partial charge on any atom is -0.465 e. The Bertz CT molecular complexity index is 827. The van der Waals surface area contributed by atoms with E-state index in [0.29, 0.717) is 34.9 Å². The summed E-state index contributed by atoms with van der Waals surface area (Å²) in [5, 5.41) is 4.67. The van der Waals surface area contributed by atoms with E-state index in [4.69, 9.17) is 9.15 Å². The Hall–Kier alpha value is -2.61. The van der Waals surface area contributed by atoms with Gasteiger partial charge in [0.1, 0.15) is 23.1 Å². The molecule has 1 saturated heterocycles. The lowest BCUT2D eigenvalue weighted by molar-refractivity contribution is -0.126. The van der Waals surface area contributed by atoms with Gasteiger partial charge in [-0.1, -0.05) is 6.07 Å². The second kappa shape index (κ2) is 8.39. The zero-order valence-electron chi connectivity index (χ0n) is 15.3. The number of carbonyl (C=O) groups is 3. The smallest absolute Gasteiger partial charge is 0.341 e. The van der Waals surface area contributed by atoms with Crippen molar-refractivity contribution in [2.45, 2.75) is 38.8 Å². The first-order valence-electron chi connectivity index (χ1n) is 8.81. The number of hydrogen-bond donors (Lipinski definition) is 1. The number of nitrogens with zero attached hydrogens (tertiary/aromatic N) is 1. The molecule has 1 N–H and O–H groups in total. The first-order valence-corrected chi connectivity index (χ1v) is 9.69. The van der Waals surface area contributed by atoms with Gasteiger partial charge in [0.05, 0.1) is 18.5 Å². The fraction of sp³-hybridized carbons (Fsp3) is 0.421. The van der Waals surface area contributed by atoms with Crippen molar-refractivity contribution >= 4 is 29.1 Å². The van der Waals surface area contributed by atoms with Crippen LogP contribution in [0.2, 0.25) is 0 Å². The topological polar surface area (TPSA) is 88.9 Å². The third-order valence-corrected chi connectivity index (χ3v) is 5.47. The maximum absolute atomic E-state index is 12.7. The molecule has 2 aromatic heterocycles. The summed E-state index contributed by atoms with van der Waals surface area (Å²) >= 11 is 1.38. The SMILES string of the molecule is COC(=O)c1cc(CNC(=O)C2CCCCN2C(=O)c2cccs2)oc1C. The molecular weight excluding hydrogens is 368 g/mol. The number of rotatable bonds is 5. The molecule has 1 aliphatic heterocycles. The number of furan rings is 1. The molecule has 0 bridgehead atoms. The van der Waals surface area contributed by atoms with Crippen molar-refractivity contribution in [1.82, 2.24) is 10.2 Å². The Morgan fingerprint density at radius 2 is 2.19 bits per heavy atom. The summed E-state index contributed by atoms with van der Waals surface area (Å²) in [6.45, 7) is 2.38. The number of thiophene rings is 1. The van der Waals surface area contributed by atoms with Gasteiger partial charge >= 0.3 is 5.97 Å². The third-order valence-electron chi connectivity index (χ3n) is 4.61. The number of hydrogen-bond acceptors (Lipinski definition) is 6. The number of esters is 1. The number of methoxy groups -OCH3 is 1. The number of ether oxygens (including phenoxy) is 1. The summed E-state index contributed by atoms with van der Waals surface area (Å²) < 4.78 is 10.2. The van der Waals surface area contributed by atoms with E-state index < -0.39 is 12.0 Å². The van der Waals surface area contributed by atoms with E-state index in [0.717, 1.165) is 12.8 Å². The van der Waals surface area contributed by atoms with E-state index in [1.165, 1.54) is 18.4 Å². The van der Waals surface area contributed by atoms with Crippen molar-refractivity contribution in [1.29, 1.82) is 0 Å². The van der Waals surface area contributed by atoms with Gasteiger partial charge in [0.2, 0.25) is 5.91 Å². The third kappa shape index (κ3) is 4.21. The average Bonchev–Trinajstić information content (AvgIpc) is 3.35. The van der Waals surface area contributed by atoms with E-state index in [1.807, 2.05) is 11.4 Å². The van der Waals surface area contributed by atoms with Gasteiger partial charge in [0, 0.05) is 6.54 Å². The van der Waals surface area contributed by atoms with E-state index >= 15 is 0 Å². The van der Waals surface area contributed by atoms with Gasteiger partial charge in [-0.05, 0) is 43.7 Å². The van der Waals surface area contributed by atoms with E-state index in [2.05, 4.69) is 5.32 Å². The Labute approximate surface area is 161 Å². The Kier molecular flexibility index (Phi) is 5.95. The predicted molar refractivity (Wildman–Crippen MR) is 99.6 cm³/mol. The molecule has 144 valence electrons. The highest BCUT2D eigenvalue weighted by Gasteiger charge is 2.33.